The number of aromatic nitrogens is 3. The van der Waals surface area contributed by atoms with E-state index in [1.165, 1.54) is 9.60 Å². The summed E-state index contributed by atoms with van der Waals surface area (Å²) < 4.78 is 2.87. The van der Waals surface area contributed by atoms with Gasteiger partial charge >= 0.3 is 0 Å². The Balaban J connectivity index is 1.47. The summed E-state index contributed by atoms with van der Waals surface area (Å²) in [7, 11) is 3.53. The summed E-state index contributed by atoms with van der Waals surface area (Å²) >= 11 is 1.68. The minimum Gasteiger partial charge on any atom is -0.356 e. The lowest BCUT2D eigenvalue weighted by Gasteiger charge is -2.38. The summed E-state index contributed by atoms with van der Waals surface area (Å²) in [5, 5.41) is 11.5. The largest absolute Gasteiger partial charge is 0.356 e. The minimum absolute atomic E-state index is 0.190. The molecule has 4 rings (SSSR count). The van der Waals surface area contributed by atoms with Gasteiger partial charge in [-0.2, -0.15) is 0 Å². The number of hydrogen-bond donors (Lipinski definition) is 1. The summed E-state index contributed by atoms with van der Waals surface area (Å²) in [6, 6.07) is 8.06. The van der Waals surface area contributed by atoms with E-state index in [0.29, 0.717) is 18.1 Å². The number of benzene rings is 1. The fraction of sp³-hybridized carbons (Fsp3) is 0.353. The molecule has 1 aliphatic heterocycles. The summed E-state index contributed by atoms with van der Waals surface area (Å²) in [5.41, 5.74) is 1.52. The molecule has 1 aliphatic rings. The standard InChI is InChI=1S/C17H19N5O2S/c1-20-10-18-15-14(20)16(23)22(17(24)21(15)2)9-5-8-13-19-11-6-3-4-7-12(11)25-13/h3-4,6-7,10,17,24H,5,8-9H2,1-2H3. The molecule has 1 unspecified atom stereocenters. The van der Waals surface area contributed by atoms with E-state index in [0.717, 1.165) is 23.4 Å². The average molecular weight is 357 g/mol. The summed E-state index contributed by atoms with van der Waals surface area (Å²) in [6.07, 6.45) is 2.11. The molecular weight excluding hydrogens is 338 g/mol. The van der Waals surface area contributed by atoms with Crippen LogP contribution in [0.4, 0.5) is 5.82 Å². The summed E-state index contributed by atoms with van der Waals surface area (Å²) in [6.45, 7) is 0.463. The molecule has 3 aromatic rings. The number of anilines is 1. The molecule has 0 radical (unpaired) electrons. The van der Waals surface area contributed by atoms with Crippen LogP contribution in [-0.2, 0) is 13.5 Å². The van der Waals surface area contributed by atoms with Gasteiger partial charge in [0, 0.05) is 27.1 Å². The number of para-hydroxylation sites is 1. The van der Waals surface area contributed by atoms with Crippen LogP contribution in [0.3, 0.4) is 0 Å². The van der Waals surface area contributed by atoms with E-state index in [-0.39, 0.29) is 5.91 Å². The van der Waals surface area contributed by atoms with Gasteiger partial charge in [-0.15, -0.1) is 11.3 Å². The first kappa shape index (κ1) is 16.0. The predicted molar refractivity (Wildman–Crippen MR) is 96.6 cm³/mol. The van der Waals surface area contributed by atoms with Gasteiger partial charge in [-0.1, -0.05) is 12.1 Å². The van der Waals surface area contributed by atoms with Crippen molar-refractivity contribution < 1.29 is 9.90 Å². The first-order chi connectivity index (χ1) is 12.1. The Hall–Kier alpha value is -2.45. The molecule has 7 nitrogen and oxygen atoms in total. The number of hydrogen-bond acceptors (Lipinski definition) is 6. The van der Waals surface area contributed by atoms with Crippen LogP contribution < -0.4 is 4.90 Å². The van der Waals surface area contributed by atoms with Crippen LogP contribution in [0.15, 0.2) is 30.6 Å². The highest BCUT2D eigenvalue weighted by atomic mass is 32.1. The second-order valence-corrected chi connectivity index (χ2v) is 7.28. The molecule has 25 heavy (non-hydrogen) atoms. The SMILES string of the molecule is CN1c2ncn(C)c2C(=O)N(CCCc2nc3ccccc3s2)C1O. The Morgan fingerprint density at radius 1 is 1.28 bits per heavy atom. The summed E-state index contributed by atoms with van der Waals surface area (Å²) in [5.74, 6) is 0.326. The fourth-order valence-electron chi connectivity index (χ4n) is 3.13. The third-order valence-electron chi connectivity index (χ3n) is 4.47. The van der Waals surface area contributed by atoms with E-state index in [2.05, 4.69) is 16.0 Å². The highest BCUT2D eigenvalue weighted by Gasteiger charge is 2.37. The number of imidazole rings is 1. The van der Waals surface area contributed by atoms with E-state index in [4.69, 9.17) is 0 Å². The molecule has 1 aromatic carbocycles. The number of aliphatic hydroxyl groups is 1. The van der Waals surface area contributed by atoms with Crippen molar-refractivity contribution in [3.63, 3.8) is 0 Å². The van der Waals surface area contributed by atoms with Gasteiger partial charge in [0.05, 0.1) is 21.6 Å². The molecule has 3 heterocycles. The molecule has 1 atom stereocenters. The highest BCUT2D eigenvalue weighted by molar-refractivity contribution is 7.18. The molecule has 0 saturated carbocycles. The lowest BCUT2D eigenvalue weighted by atomic mass is 10.2. The molecule has 0 fully saturated rings. The second-order valence-electron chi connectivity index (χ2n) is 6.16. The van der Waals surface area contributed by atoms with Gasteiger partial charge in [-0.25, -0.2) is 9.97 Å². The van der Waals surface area contributed by atoms with Gasteiger partial charge in [0.15, 0.2) is 11.5 Å². The van der Waals surface area contributed by atoms with E-state index >= 15 is 0 Å². The van der Waals surface area contributed by atoms with Gasteiger partial charge in [-0.3, -0.25) is 9.69 Å². The smallest absolute Gasteiger partial charge is 0.277 e. The number of amides is 1. The van der Waals surface area contributed by atoms with Gasteiger partial charge in [0.1, 0.15) is 0 Å². The van der Waals surface area contributed by atoms with E-state index < -0.39 is 6.35 Å². The number of carbonyl (C=O) groups excluding carboxylic acids is 1. The van der Waals surface area contributed by atoms with E-state index in [1.54, 1.807) is 41.2 Å². The van der Waals surface area contributed by atoms with Crippen molar-refractivity contribution in [3.8, 4) is 0 Å². The molecule has 130 valence electrons. The first-order valence-electron chi connectivity index (χ1n) is 8.14. The van der Waals surface area contributed by atoms with E-state index in [9.17, 15) is 9.90 Å². The number of aryl methyl sites for hydroxylation is 2. The van der Waals surface area contributed by atoms with Crippen molar-refractivity contribution in [2.75, 3.05) is 18.5 Å². The maximum absolute atomic E-state index is 12.7. The van der Waals surface area contributed by atoms with Crippen LogP contribution >= 0.6 is 11.3 Å². The van der Waals surface area contributed by atoms with Crippen LogP contribution in [0.1, 0.15) is 21.9 Å². The highest BCUT2D eigenvalue weighted by Crippen LogP contribution is 2.28. The van der Waals surface area contributed by atoms with Crippen LogP contribution in [0.5, 0.6) is 0 Å². The van der Waals surface area contributed by atoms with Crippen molar-refractivity contribution in [3.05, 3.63) is 41.3 Å². The van der Waals surface area contributed by atoms with Crippen LogP contribution in [0.2, 0.25) is 0 Å². The zero-order valence-electron chi connectivity index (χ0n) is 14.1. The fourth-order valence-corrected chi connectivity index (χ4v) is 4.14. The number of rotatable bonds is 4. The Morgan fingerprint density at radius 2 is 2.08 bits per heavy atom. The van der Waals surface area contributed by atoms with Crippen molar-refractivity contribution in [1.29, 1.82) is 0 Å². The number of aliphatic hydroxyl groups excluding tert-OH is 1. The van der Waals surface area contributed by atoms with E-state index in [1.807, 2.05) is 18.2 Å². The van der Waals surface area contributed by atoms with Gasteiger partial charge in [0.25, 0.3) is 5.91 Å². The maximum atomic E-state index is 12.7. The number of fused-ring (bicyclic) bond motifs is 2. The average Bonchev–Trinajstić information content (AvgIpc) is 3.19. The van der Waals surface area contributed by atoms with Gasteiger partial charge < -0.3 is 14.6 Å². The van der Waals surface area contributed by atoms with Crippen molar-refractivity contribution in [1.82, 2.24) is 19.4 Å². The Labute approximate surface area is 149 Å². The maximum Gasteiger partial charge on any atom is 0.277 e. The topological polar surface area (TPSA) is 74.5 Å². The van der Waals surface area contributed by atoms with Crippen molar-refractivity contribution in [2.24, 2.45) is 7.05 Å². The molecule has 2 aromatic heterocycles. The zero-order chi connectivity index (χ0) is 17.6. The normalized spacial score (nSPS) is 17.4. The van der Waals surface area contributed by atoms with Gasteiger partial charge in [-0.05, 0) is 18.6 Å². The summed E-state index contributed by atoms with van der Waals surface area (Å²) in [4.78, 5) is 24.6. The molecule has 0 bridgehead atoms. The molecule has 0 spiro atoms. The molecule has 8 heteroatoms. The first-order valence-corrected chi connectivity index (χ1v) is 8.95. The Kier molecular flexibility index (Phi) is 3.93. The predicted octanol–water partition coefficient (Wildman–Crippen LogP) is 1.83. The Morgan fingerprint density at radius 3 is 2.88 bits per heavy atom. The third-order valence-corrected chi connectivity index (χ3v) is 5.56. The van der Waals surface area contributed by atoms with Crippen LogP contribution in [0, 0.1) is 0 Å². The number of nitrogens with zero attached hydrogens (tertiary/aromatic N) is 5. The van der Waals surface area contributed by atoms with Crippen molar-refractivity contribution in [2.45, 2.75) is 19.2 Å². The molecule has 0 aliphatic carbocycles. The zero-order valence-corrected chi connectivity index (χ0v) is 14.9. The quantitative estimate of drug-likeness (QED) is 0.771. The molecular formula is C17H19N5O2S. The number of thiazole rings is 1. The lowest BCUT2D eigenvalue weighted by Crippen LogP contribution is -2.54. The molecule has 1 N–H and O–H groups in total. The van der Waals surface area contributed by atoms with Crippen molar-refractivity contribution >= 4 is 33.3 Å². The Bertz CT molecular complexity index is 901. The third kappa shape index (κ3) is 2.67. The molecule has 1 amide bonds. The minimum atomic E-state index is -0.995. The van der Waals surface area contributed by atoms with Crippen LogP contribution in [0.25, 0.3) is 10.2 Å². The second kappa shape index (κ2) is 6.12. The monoisotopic (exact) mass is 357 g/mol. The number of carbonyl (C=O) groups is 1. The van der Waals surface area contributed by atoms with Gasteiger partial charge in [0.2, 0.25) is 6.35 Å². The molecule has 0 saturated heterocycles. The lowest BCUT2D eigenvalue weighted by molar-refractivity contribution is 0.00277. The van der Waals surface area contributed by atoms with Crippen LogP contribution in [-0.4, -0.2) is 50.4 Å².